The SMILES string of the molecule is COc1ccc(C(=O)Nc2ccc3oc(-c4ccc(-c5ccccc5)cc4)nc3c2)cc1Cl. The molecule has 33 heavy (non-hydrogen) atoms. The van der Waals surface area contributed by atoms with E-state index in [0.717, 1.165) is 16.7 Å². The number of anilines is 1. The Kier molecular flexibility index (Phi) is 5.55. The van der Waals surface area contributed by atoms with E-state index >= 15 is 0 Å². The van der Waals surface area contributed by atoms with Crippen LogP contribution in [0.2, 0.25) is 5.02 Å². The number of nitrogens with zero attached hydrogens (tertiary/aromatic N) is 1. The molecule has 5 rings (SSSR count). The minimum atomic E-state index is -0.279. The highest BCUT2D eigenvalue weighted by Gasteiger charge is 2.13. The number of aromatic nitrogens is 1. The van der Waals surface area contributed by atoms with E-state index in [0.29, 0.717) is 39.0 Å². The van der Waals surface area contributed by atoms with Crippen LogP contribution in [0.25, 0.3) is 33.7 Å². The van der Waals surface area contributed by atoms with Gasteiger partial charge in [-0.25, -0.2) is 4.98 Å². The number of hydrogen-bond donors (Lipinski definition) is 1. The molecule has 0 aliphatic carbocycles. The van der Waals surface area contributed by atoms with Crippen molar-refractivity contribution < 1.29 is 13.9 Å². The molecule has 0 unspecified atom stereocenters. The van der Waals surface area contributed by atoms with Crippen LogP contribution in [0.1, 0.15) is 10.4 Å². The number of methoxy groups -OCH3 is 1. The van der Waals surface area contributed by atoms with Gasteiger partial charge in [-0.05, 0) is 59.7 Å². The smallest absolute Gasteiger partial charge is 0.255 e. The Morgan fingerprint density at radius 2 is 1.61 bits per heavy atom. The normalized spacial score (nSPS) is 10.8. The number of oxazole rings is 1. The zero-order valence-corrected chi connectivity index (χ0v) is 18.5. The number of halogens is 1. The lowest BCUT2D eigenvalue weighted by Gasteiger charge is -2.07. The van der Waals surface area contributed by atoms with Gasteiger partial charge in [0.25, 0.3) is 5.91 Å². The lowest BCUT2D eigenvalue weighted by atomic mass is 10.0. The summed E-state index contributed by atoms with van der Waals surface area (Å²) in [4.78, 5) is 17.2. The molecule has 1 N–H and O–H groups in total. The molecule has 162 valence electrons. The van der Waals surface area contributed by atoms with Crippen molar-refractivity contribution in [3.05, 3.63) is 102 Å². The van der Waals surface area contributed by atoms with E-state index in [1.165, 1.54) is 7.11 Å². The highest BCUT2D eigenvalue weighted by molar-refractivity contribution is 6.32. The average Bonchev–Trinajstić information content (AvgIpc) is 3.28. The molecule has 0 aliphatic rings. The van der Waals surface area contributed by atoms with Crippen molar-refractivity contribution in [1.29, 1.82) is 0 Å². The van der Waals surface area contributed by atoms with E-state index in [1.54, 1.807) is 36.4 Å². The van der Waals surface area contributed by atoms with Crippen molar-refractivity contribution in [2.45, 2.75) is 0 Å². The molecule has 1 heterocycles. The van der Waals surface area contributed by atoms with Crippen molar-refractivity contribution in [3.63, 3.8) is 0 Å². The van der Waals surface area contributed by atoms with Crippen LogP contribution in [0.5, 0.6) is 5.75 Å². The first-order chi connectivity index (χ1) is 16.1. The van der Waals surface area contributed by atoms with Crippen molar-refractivity contribution in [3.8, 4) is 28.3 Å². The van der Waals surface area contributed by atoms with Crippen molar-refractivity contribution in [1.82, 2.24) is 4.98 Å². The van der Waals surface area contributed by atoms with Crippen molar-refractivity contribution >= 4 is 34.3 Å². The van der Waals surface area contributed by atoms with Gasteiger partial charge >= 0.3 is 0 Å². The number of hydrogen-bond acceptors (Lipinski definition) is 4. The average molecular weight is 455 g/mol. The third-order valence-electron chi connectivity index (χ3n) is 5.30. The summed E-state index contributed by atoms with van der Waals surface area (Å²) in [6, 6.07) is 28.5. The highest BCUT2D eigenvalue weighted by Crippen LogP contribution is 2.29. The second-order valence-corrected chi connectivity index (χ2v) is 7.86. The van der Waals surface area contributed by atoms with Gasteiger partial charge in [-0.1, -0.05) is 54.1 Å². The fraction of sp³-hybridized carbons (Fsp3) is 0.0370. The Morgan fingerprint density at radius 3 is 2.33 bits per heavy atom. The zero-order chi connectivity index (χ0) is 22.8. The molecule has 5 aromatic rings. The third-order valence-corrected chi connectivity index (χ3v) is 5.59. The number of amides is 1. The van der Waals surface area contributed by atoms with Gasteiger partial charge in [-0.2, -0.15) is 0 Å². The lowest BCUT2D eigenvalue weighted by molar-refractivity contribution is 0.102. The Balaban J connectivity index is 1.36. The van der Waals surface area contributed by atoms with E-state index in [4.69, 9.17) is 20.8 Å². The Labute approximate surface area is 195 Å². The van der Waals surface area contributed by atoms with Gasteiger partial charge in [-0.3, -0.25) is 4.79 Å². The van der Waals surface area contributed by atoms with Crippen molar-refractivity contribution in [2.24, 2.45) is 0 Å². The highest BCUT2D eigenvalue weighted by atomic mass is 35.5. The summed E-state index contributed by atoms with van der Waals surface area (Å²) < 4.78 is 11.1. The second-order valence-electron chi connectivity index (χ2n) is 7.45. The number of benzene rings is 4. The van der Waals surface area contributed by atoms with Gasteiger partial charge in [0.2, 0.25) is 5.89 Å². The quantitative estimate of drug-likeness (QED) is 0.308. The van der Waals surface area contributed by atoms with E-state index < -0.39 is 0 Å². The maximum absolute atomic E-state index is 12.6. The summed E-state index contributed by atoms with van der Waals surface area (Å²) >= 11 is 6.13. The van der Waals surface area contributed by atoms with E-state index in [9.17, 15) is 4.79 Å². The minimum absolute atomic E-state index is 0.279. The first kappa shape index (κ1) is 20.8. The van der Waals surface area contributed by atoms with Gasteiger partial charge in [0.1, 0.15) is 11.3 Å². The largest absolute Gasteiger partial charge is 0.495 e. The molecular weight excluding hydrogens is 436 g/mol. The molecule has 0 saturated heterocycles. The number of ether oxygens (including phenoxy) is 1. The summed E-state index contributed by atoms with van der Waals surface area (Å²) in [6.07, 6.45) is 0. The predicted octanol–water partition coefficient (Wildman–Crippen LogP) is 7.08. The van der Waals surface area contributed by atoms with Crippen LogP contribution in [0, 0.1) is 0 Å². The molecule has 0 bridgehead atoms. The molecule has 0 aliphatic heterocycles. The standard InChI is InChI=1S/C27H19ClN2O3/c1-32-24-13-11-20(15-22(24)28)26(31)29-21-12-14-25-23(16-21)30-27(33-25)19-9-7-18(8-10-19)17-5-3-2-4-6-17/h2-16H,1H3,(H,29,31). The van der Waals surface area contributed by atoms with Gasteiger partial charge in [0.15, 0.2) is 5.58 Å². The van der Waals surface area contributed by atoms with Crippen LogP contribution in [-0.2, 0) is 0 Å². The number of carbonyl (C=O) groups excluding carboxylic acids is 1. The molecule has 0 atom stereocenters. The molecule has 0 spiro atoms. The van der Waals surface area contributed by atoms with E-state index in [-0.39, 0.29) is 5.91 Å². The fourth-order valence-corrected chi connectivity index (χ4v) is 3.83. The summed E-state index contributed by atoms with van der Waals surface area (Å²) in [5.41, 5.74) is 5.49. The van der Waals surface area contributed by atoms with Gasteiger partial charge in [0, 0.05) is 16.8 Å². The molecule has 5 nitrogen and oxygen atoms in total. The Morgan fingerprint density at radius 1 is 0.879 bits per heavy atom. The minimum Gasteiger partial charge on any atom is -0.495 e. The van der Waals surface area contributed by atoms with E-state index in [1.807, 2.05) is 42.5 Å². The number of carbonyl (C=O) groups is 1. The topological polar surface area (TPSA) is 64.4 Å². The van der Waals surface area contributed by atoms with Crippen LogP contribution in [-0.4, -0.2) is 18.0 Å². The molecule has 4 aromatic carbocycles. The lowest BCUT2D eigenvalue weighted by Crippen LogP contribution is -2.11. The number of nitrogens with one attached hydrogen (secondary N) is 1. The fourth-order valence-electron chi connectivity index (χ4n) is 3.58. The van der Waals surface area contributed by atoms with Gasteiger partial charge in [-0.15, -0.1) is 0 Å². The monoisotopic (exact) mass is 454 g/mol. The summed E-state index contributed by atoms with van der Waals surface area (Å²) in [6.45, 7) is 0. The summed E-state index contributed by atoms with van der Waals surface area (Å²) in [5.74, 6) is 0.760. The number of rotatable bonds is 5. The molecular formula is C27H19ClN2O3. The second kappa shape index (κ2) is 8.81. The van der Waals surface area contributed by atoms with Gasteiger partial charge < -0.3 is 14.5 Å². The van der Waals surface area contributed by atoms with E-state index in [2.05, 4.69) is 22.4 Å². The maximum Gasteiger partial charge on any atom is 0.255 e. The maximum atomic E-state index is 12.6. The molecule has 6 heteroatoms. The van der Waals surface area contributed by atoms with Crippen molar-refractivity contribution in [2.75, 3.05) is 12.4 Å². The van der Waals surface area contributed by atoms with Crippen LogP contribution < -0.4 is 10.1 Å². The first-order valence-corrected chi connectivity index (χ1v) is 10.7. The summed E-state index contributed by atoms with van der Waals surface area (Å²) in [5, 5.41) is 3.24. The molecule has 1 amide bonds. The third kappa shape index (κ3) is 4.31. The van der Waals surface area contributed by atoms with Gasteiger partial charge in [0.05, 0.1) is 12.1 Å². The van der Waals surface area contributed by atoms with Crippen LogP contribution in [0.15, 0.2) is 95.4 Å². The molecule has 1 aromatic heterocycles. The molecule has 0 fully saturated rings. The van der Waals surface area contributed by atoms with Crippen LogP contribution in [0.4, 0.5) is 5.69 Å². The Bertz CT molecular complexity index is 1440. The Hall–Kier alpha value is -4.09. The van der Waals surface area contributed by atoms with Crippen LogP contribution >= 0.6 is 11.6 Å². The predicted molar refractivity (Wildman–Crippen MR) is 131 cm³/mol. The summed E-state index contributed by atoms with van der Waals surface area (Å²) in [7, 11) is 1.53. The molecule has 0 saturated carbocycles. The first-order valence-electron chi connectivity index (χ1n) is 10.3. The van der Waals surface area contributed by atoms with Crippen LogP contribution in [0.3, 0.4) is 0 Å². The zero-order valence-electron chi connectivity index (χ0n) is 17.7. The number of fused-ring (bicyclic) bond motifs is 1. The molecule has 0 radical (unpaired) electrons.